The Balaban J connectivity index is 2.17. The maximum absolute atomic E-state index is 14.2. The summed E-state index contributed by atoms with van der Waals surface area (Å²) in [7, 11) is 5.24. The first-order chi connectivity index (χ1) is 23.6. The summed E-state index contributed by atoms with van der Waals surface area (Å²) in [6.45, 7) is 17.6. The Kier molecular flexibility index (Phi) is 15.5. The molecule has 3 heterocycles. The Hall–Kier alpha value is -1.26. The first-order valence-electron chi connectivity index (χ1n) is 19.0. The van der Waals surface area contributed by atoms with Crippen LogP contribution >= 0.6 is 0 Å². The fraction of sp³-hybridized carbons (Fsp3) is 0.947. The number of nitrogens with zero attached hydrogens (tertiary/aromatic N) is 1. The standard InChI is InChI=1S/C38H69NO12/c1-14-25-27(15-2)49-35(44)23(7)32(50-28-18-38(10,46-13)33(43)24(8)48-28)22(6)34(37(9,45)17-19(3)29(40)21(5)30(25)41)51-36-31(42)26(39(11)12)16-20(4)47-36/h19-28,30-34,36,41-43,45H,14-18H2,1-13H3/t19-,20-,21+,22+,23-,24+,25+,26+,27-,28?,30-,31-,32+,33+,34-,36?,37-,38-/m1/s1. The third-order valence-corrected chi connectivity index (χ3v) is 12.0. The van der Waals surface area contributed by atoms with Crippen molar-refractivity contribution >= 4 is 11.8 Å². The molecule has 0 aromatic carbocycles. The summed E-state index contributed by atoms with van der Waals surface area (Å²) in [4.78, 5) is 30.0. The van der Waals surface area contributed by atoms with Gasteiger partial charge in [-0.1, -0.05) is 34.6 Å². The highest BCUT2D eigenvalue weighted by molar-refractivity contribution is 5.83. The van der Waals surface area contributed by atoms with Crippen LogP contribution in [0.1, 0.15) is 101 Å². The summed E-state index contributed by atoms with van der Waals surface area (Å²) in [6.07, 6.45) is -7.40. The summed E-state index contributed by atoms with van der Waals surface area (Å²) in [5.74, 6) is -4.51. The minimum atomic E-state index is -1.72. The monoisotopic (exact) mass is 731 g/mol. The third kappa shape index (κ3) is 9.89. The second kappa shape index (κ2) is 17.9. The molecular formula is C38H69NO12. The molecule has 2 unspecified atom stereocenters. The van der Waals surface area contributed by atoms with Gasteiger partial charge in [0.25, 0.3) is 0 Å². The molecule has 0 bridgehead atoms. The molecule has 51 heavy (non-hydrogen) atoms. The first-order valence-corrected chi connectivity index (χ1v) is 19.0. The predicted octanol–water partition coefficient (Wildman–Crippen LogP) is 3.06. The van der Waals surface area contributed by atoms with E-state index in [1.807, 2.05) is 39.8 Å². The van der Waals surface area contributed by atoms with Crippen molar-refractivity contribution in [1.82, 2.24) is 4.90 Å². The molecule has 3 aliphatic heterocycles. The fourth-order valence-corrected chi connectivity index (χ4v) is 8.69. The number of likely N-dealkylation sites (N-methyl/N-ethyl adjacent to an activating group) is 1. The molecule has 3 fully saturated rings. The van der Waals surface area contributed by atoms with Gasteiger partial charge in [0.05, 0.1) is 47.6 Å². The van der Waals surface area contributed by atoms with Crippen molar-refractivity contribution in [2.75, 3.05) is 21.2 Å². The maximum atomic E-state index is 14.2. The molecule has 0 spiro atoms. The van der Waals surface area contributed by atoms with E-state index in [0.717, 1.165) is 0 Å². The normalized spacial score (nSPS) is 48.3. The second-order valence-corrected chi connectivity index (χ2v) is 16.4. The molecule has 0 amide bonds. The smallest absolute Gasteiger partial charge is 0.311 e. The maximum Gasteiger partial charge on any atom is 0.311 e. The van der Waals surface area contributed by atoms with Gasteiger partial charge in [0, 0.05) is 43.2 Å². The zero-order valence-electron chi connectivity index (χ0n) is 33.3. The van der Waals surface area contributed by atoms with Gasteiger partial charge in [-0.3, -0.25) is 9.59 Å². The SMILES string of the molecule is CC[C@@H]1[C@H](O)[C@@H](C)C(=O)[C@H](C)C[C@@](C)(O)[C@H](OC2O[C@H](C)C[C@H](N(C)C)[C@H]2O)[C@@H](C)[C@H](OC2C[C@@](C)(OC)[C@@H](O)[C@H](C)O2)[C@@H](C)C(=O)O[C@@H]1CC. The molecule has 4 N–H and O–H groups in total. The number of carbonyl (C=O) groups excluding carboxylic acids is 2. The molecule has 3 rings (SSSR count). The molecule has 0 aliphatic carbocycles. The zero-order chi connectivity index (χ0) is 38.7. The van der Waals surface area contributed by atoms with E-state index in [9.17, 15) is 30.0 Å². The van der Waals surface area contributed by atoms with Gasteiger partial charge < -0.3 is 53.7 Å². The van der Waals surface area contributed by atoms with Crippen molar-refractivity contribution in [2.24, 2.45) is 29.6 Å². The lowest BCUT2D eigenvalue weighted by atomic mass is 9.74. The van der Waals surface area contributed by atoms with Crippen LogP contribution in [0.5, 0.6) is 0 Å². The number of Topliss-reactive ketones (excluding diaryl/α,β-unsaturated/α-hetero) is 1. The number of cyclic esters (lactones) is 1. The number of ketones is 1. The van der Waals surface area contributed by atoms with Crippen molar-refractivity contribution in [2.45, 2.75) is 180 Å². The van der Waals surface area contributed by atoms with Crippen molar-refractivity contribution in [1.29, 1.82) is 0 Å². The van der Waals surface area contributed by atoms with E-state index in [2.05, 4.69) is 0 Å². The zero-order valence-corrected chi connectivity index (χ0v) is 33.3. The molecule has 18 atom stereocenters. The predicted molar refractivity (Wildman–Crippen MR) is 189 cm³/mol. The van der Waals surface area contributed by atoms with Crippen LogP contribution in [0.15, 0.2) is 0 Å². The fourth-order valence-electron chi connectivity index (χ4n) is 8.69. The van der Waals surface area contributed by atoms with Gasteiger partial charge in [0.1, 0.15) is 24.1 Å². The summed E-state index contributed by atoms with van der Waals surface area (Å²) >= 11 is 0. The van der Waals surface area contributed by atoms with Gasteiger partial charge in [0.2, 0.25) is 0 Å². The van der Waals surface area contributed by atoms with Crippen LogP contribution in [0.3, 0.4) is 0 Å². The van der Waals surface area contributed by atoms with E-state index in [0.29, 0.717) is 19.3 Å². The van der Waals surface area contributed by atoms with Gasteiger partial charge in [-0.05, 0) is 74.4 Å². The minimum Gasteiger partial charge on any atom is -0.462 e. The van der Waals surface area contributed by atoms with Crippen LogP contribution in [0.4, 0.5) is 0 Å². The number of aliphatic hydroxyl groups is 4. The average Bonchev–Trinajstić information content (AvgIpc) is 3.07. The quantitative estimate of drug-likeness (QED) is 0.269. The van der Waals surface area contributed by atoms with Crippen LogP contribution < -0.4 is 0 Å². The lowest BCUT2D eigenvalue weighted by Crippen LogP contribution is -2.60. The van der Waals surface area contributed by atoms with Crippen molar-refractivity contribution < 1.29 is 58.4 Å². The van der Waals surface area contributed by atoms with Gasteiger partial charge in [-0.2, -0.15) is 0 Å². The van der Waals surface area contributed by atoms with Crippen LogP contribution in [0.25, 0.3) is 0 Å². The highest BCUT2D eigenvalue weighted by atomic mass is 16.7. The number of rotatable bonds is 8. The molecule has 3 saturated heterocycles. The number of methoxy groups -OCH3 is 1. The highest BCUT2D eigenvalue weighted by Crippen LogP contribution is 2.40. The van der Waals surface area contributed by atoms with Crippen molar-refractivity contribution in [3.05, 3.63) is 0 Å². The molecule has 0 aromatic rings. The topological polar surface area (TPSA) is 174 Å². The molecule has 13 heteroatoms. The van der Waals surface area contributed by atoms with Crippen LogP contribution in [-0.2, 0) is 38.0 Å². The van der Waals surface area contributed by atoms with Gasteiger partial charge in [0.15, 0.2) is 12.6 Å². The second-order valence-electron chi connectivity index (χ2n) is 16.4. The first kappa shape index (κ1) is 44.1. The lowest BCUT2D eigenvalue weighted by Gasteiger charge is -2.49. The third-order valence-electron chi connectivity index (χ3n) is 12.0. The number of carbonyl (C=O) groups is 2. The van der Waals surface area contributed by atoms with Gasteiger partial charge >= 0.3 is 5.97 Å². The number of ether oxygens (including phenoxy) is 6. The summed E-state index contributed by atoms with van der Waals surface area (Å²) in [5.41, 5.74) is -2.74. The van der Waals surface area contributed by atoms with E-state index in [-0.39, 0.29) is 30.8 Å². The van der Waals surface area contributed by atoms with Crippen molar-refractivity contribution in [3.8, 4) is 0 Å². The number of esters is 1. The summed E-state index contributed by atoms with van der Waals surface area (Å²) in [6, 6.07) is -0.297. The van der Waals surface area contributed by atoms with Crippen LogP contribution in [0.2, 0.25) is 0 Å². The number of hydrogen-bond acceptors (Lipinski definition) is 13. The molecule has 298 valence electrons. The molecule has 13 nitrogen and oxygen atoms in total. The van der Waals surface area contributed by atoms with Crippen molar-refractivity contribution in [3.63, 3.8) is 0 Å². The number of aliphatic hydroxyl groups excluding tert-OH is 3. The van der Waals surface area contributed by atoms with Gasteiger partial charge in [-0.15, -0.1) is 0 Å². The minimum absolute atomic E-state index is 0.0438. The molecule has 0 radical (unpaired) electrons. The summed E-state index contributed by atoms with van der Waals surface area (Å²) in [5, 5.41) is 46.3. The Bertz CT molecular complexity index is 1140. The summed E-state index contributed by atoms with van der Waals surface area (Å²) < 4.78 is 37.5. The Morgan fingerprint density at radius 3 is 2.06 bits per heavy atom. The Morgan fingerprint density at radius 2 is 1.51 bits per heavy atom. The van der Waals surface area contributed by atoms with Gasteiger partial charge in [-0.25, -0.2) is 0 Å². The Morgan fingerprint density at radius 1 is 0.882 bits per heavy atom. The van der Waals surface area contributed by atoms with E-state index >= 15 is 0 Å². The molecule has 3 aliphatic rings. The lowest BCUT2D eigenvalue weighted by molar-refractivity contribution is -0.317. The van der Waals surface area contributed by atoms with E-state index in [4.69, 9.17) is 28.4 Å². The average molecular weight is 732 g/mol. The largest absolute Gasteiger partial charge is 0.462 e. The molecule has 0 saturated carbocycles. The van der Waals surface area contributed by atoms with E-state index < -0.39 is 102 Å². The van der Waals surface area contributed by atoms with E-state index in [1.54, 1.807) is 48.5 Å². The van der Waals surface area contributed by atoms with E-state index in [1.165, 1.54) is 7.11 Å². The molecule has 0 aromatic heterocycles. The highest BCUT2D eigenvalue weighted by Gasteiger charge is 2.52. The number of hydrogen-bond donors (Lipinski definition) is 4. The molecular weight excluding hydrogens is 662 g/mol. The Labute approximate surface area is 305 Å². The van der Waals surface area contributed by atoms with Crippen LogP contribution in [0, 0.1) is 29.6 Å². The van der Waals surface area contributed by atoms with Crippen LogP contribution in [-0.4, -0.2) is 137 Å².